The smallest absolute Gasteiger partial charge is 0.244 e. The number of methoxy groups -OCH3 is 2. The van der Waals surface area contributed by atoms with E-state index in [1.807, 2.05) is 56.1 Å². The molecule has 2 heterocycles. The molecule has 1 saturated heterocycles. The van der Waals surface area contributed by atoms with Gasteiger partial charge in [-0.15, -0.1) is 0 Å². The number of rotatable bonds is 5. The highest BCUT2D eigenvalue weighted by Gasteiger charge is 2.32. The van der Waals surface area contributed by atoms with Crippen molar-refractivity contribution >= 4 is 11.6 Å². The lowest BCUT2D eigenvalue weighted by atomic mass is 10.1. The molecule has 2 aromatic rings. The van der Waals surface area contributed by atoms with Crippen LogP contribution in [0.25, 0.3) is 0 Å². The van der Waals surface area contributed by atoms with Gasteiger partial charge in [-0.1, -0.05) is 0 Å². The van der Waals surface area contributed by atoms with Gasteiger partial charge in [-0.05, 0) is 45.0 Å². The van der Waals surface area contributed by atoms with Crippen molar-refractivity contribution in [1.29, 1.82) is 0 Å². The monoisotopic (exact) mass is 369 g/mol. The molecular formula is C21H27N3O3. The van der Waals surface area contributed by atoms with Crippen molar-refractivity contribution in [3.05, 3.63) is 47.3 Å². The van der Waals surface area contributed by atoms with E-state index >= 15 is 0 Å². The summed E-state index contributed by atoms with van der Waals surface area (Å²) in [6.45, 7) is 8.04. The van der Waals surface area contributed by atoms with Gasteiger partial charge < -0.3 is 14.4 Å². The van der Waals surface area contributed by atoms with Gasteiger partial charge in [0.15, 0.2) is 0 Å². The van der Waals surface area contributed by atoms with Crippen LogP contribution < -0.4 is 14.4 Å². The van der Waals surface area contributed by atoms with Crippen LogP contribution in [-0.2, 0) is 11.3 Å². The summed E-state index contributed by atoms with van der Waals surface area (Å²) in [4.78, 5) is 21.5. The number of nitrogens with zero attached hydrogens (tertiary/aromatic N) is 3. The Morgan fingerprint density at radius 2 is 1.81 bits per heavy atom. The largest absolute Gasteiger partial charge is 0.497 e. The van der Waals surface area contributed by atoms with Gasteiger partial charge in [0.2, 0.25) is 5.91 Å². The van der Waals surface area contributed by atoms with Crippen molar-refractivity contribution in [2.24, 2.45) is 0 Å². The van der Waals surface area contributed by atoms with Gasteiger partial charge in [-0.25, -0.2) is 0 Å². The second-order valence-corrected chi connectivity index (χ2v) is 6.88. The predicted octanol–water partition coefficient (Wildman–Crippen LogP) is 2.95. The summed E-state index contributed by atoms with van der Waals surface area (Å²) in [5, 5.41) is 0. The summed E-state index contributed by atoms with van der Waals surface area (Å²) in [6, 6.07) is 7.40. The van der Waals surface area contributed by atoms with Gasteiger partial charge in [0, 0.05) is 42.6 Å². The summed E-state index contributed by atoms with van der Waals surface area (Å²) in [7, 11) is 3.32. The third-order valence-corrected chi connectivity index (χ3v) is 5.27. The molecule has 1 aliphatic heterocycles. The van der Waals surface area contributed by atoms with Crippen molar-refractivity contribution in [1.82, 2.24) is 9.88 Å². The van der Waals surface area contributed by atoms with Crippen molar-refractivity contribution in [2.75, 3.05) is 32.2 Å². The lowest BCUT2D eigenvalue weighted by molar-refractivity contribution is -0.125. The van der Waals surface area contributed by atoms with Crippen LogP contribution >= 0.6 is 0 Å². The summed E-state index contributed by atoms with van der Waals surface area (Å²) in [5.74, 6) is 1.76. The Balaban J connectivity index is 1.75. The molecule has 0 N–H and O–H groups in total. The number of pyridine rings is 1. The van der Waals surface area contributed by atoms with Crippen LogP contribution in [0.3, 0.4) is 0 Å². The van der Waals surface area contributed by atoms with Gasteiger partial charge in [0.1, 0.15) is 11.5 Å². The highest BCUT2D eigenvalue weighted by atomic mass is 16.5. The van der Waals surface area contributed by atoms with Gasteiger partial charge in [-0.3, -0.25) is 14.7 Å². The molecule has 6 heteroatoms. The summed E-state index contributed by atoms with van der Waals surface area (Å²) in [5.41, 5.74) is 3.91. The summed E-state index contributed by atoms with van der Waals surface area (Å²) in [6.07, 6.45) is 1.83. The maximum absolute atomic E-state index is 13.0. The molecule has 0 spiro atoms. The average molecular weight is 369 g/mol. The SMILES string of the molecule is COc1ccc(N2CCN(Cc3ncc(C)c(OC)c3C)C(C)C2=O)cc1. The van der Waals surface area contributed by atoms with Gasteiger partial charge in [-0.2, -0.15) is 0 Å². The van der Waals surface area contributed by atoms with Gasteiger partial charge in [0.25, 0.3) is 0 Å². The number of carbonyl (C=O) groups excluding carboxylic acids is 1. The number of piperazine rings is 1. The second kappa shape index (κ2) is 7.96. The fraction of sp³-hybridized carbons (Fsp3) is 0.429. The Kier molecular flexibility index (Phi) is 5.65. The number of anilines is 1. The highest BCUT2D eigenvalue weighted by Crippen LogP contribution is 2.27. The third kappa shape index (κ3) is 3.76. The Bertz CT molecular complexity index is 820. The standard InChI is InChI=1S/C21H27N3O3/c1-14-12-22-19(15(2)20(14)27-5)13-23-10-11-24(21(25)16(23)3)17-6-8-18(26-4)9-7-17/h6-9,12,16H,10-11,13H2,1-5H3. The Hall–Kier alpha value is -2.60. The number of hydrogen-bond donors (Lipinski definition) is 0. The Morgan fingerprint density at radius 3 is 2.44 bits per heavy atom. The normalized spacial score (nSPS) is 17.9. The molecule has 0 radical (unpaired) electrons. The molecule has 1 atom stereocenters. The van der Waals surface area contributed by atoms with Crippen LogP contribution in [0, 0.1) is 13.8 Å². The van der Waals surface area contributed by atoms with E-state index in [0.717, 1.165) is 40.6 Å². The first-order valence-electron chi connectivity index (χ1n) is 9.14. The van der Waals surface area contributed by atoms with Crippen molar-refractivity contribution in [2.45, 2.75) is 33.4 Å². The van der Waals surface area contributed by atoms with Gasteiger partial charge >= 0.3 is 0 Å². The number of aromatic nitrogens is 1. The van der Waals surface area contributed by atoms with Crippen molar-refractivity contribution in [3.8, 4) is 11.5 Å². The summed E-state index contributed by atoms with van der Waals surface area (Å²) < 4.78 is 10.7. The first kappa shape index (κ1) is 19.2. The number of amides is 1. The fourth-order valence-corrected chi connectivity index (χ4v) is 3.57. The number of benzene rings is 1. The maximum Gasteiger partial charge on any atom is 0.244 e. The van der Waals surface area contributed by atoms with E-state index < -0.39 is 0 Å². The molecule has 0 aliphatic carbocycles. The first-order chi connectivity index (χ1) is 13.0. The maximum atomic E-state index is 13.0. The molecule has 0 saturated carbocycles. The van der Waals surface area contributed by atoms with E-state index in [0.29, 0.717) is 13.1 Å². The molecule has 1 fully saturated rings. The van der Waals surface area contributed by atoms with Crippen molar-refractivity contribution in [3.63, 3.8) is 0 Å². The van der Waals surface area contributed by atoms with Crippen LogP contribution in [-0.4, -0.2) is 49.1 Å². The molecule has 1 aromatic carbocycles. The topological polar surface area (TPSA) is 54.9 Å². The molecule has 1 aliphatic rings. The van der Waals surface area contributed by atoms with E-state index in [-0.39, 0.29) is 11.9 Å². The Morgan fingerprint density at radius 1 is 1.11 bits per heavy atom. The van der Waals surface area contributed by atoms with Crippen LogP contribution in [0.4, 0.5) is 5.69 Å². The van der Waals surface area contributed by atoms with Crippen LogP contribution in [0.5, 0.6) is 11.5 Å². The molecule has 27 heavy (non-hydrogen) atoms. The van der Waals surface area contributed by atoms with Crippen LogP contribution in [0.2, 0.25) is 0 Å². The third-order valence-electron chi connectivity index (χ3n) is 5.27. The first-order valence-corrected chi connectivity index (χ1v) is 9.14. The van der Waals surface area contributed by atoms with Crippen LogP contribution in [0.15, 0.2) is 30.5 Å². The lowest BCUT2D eigenvalue weighted by Crippen LogP contribution is -2.55. The van der Waals surface area contributed by atoms with E-state index in [1.54, 1.807) is 14.2 Å². The Labute approximate surface area is 160 Å². The number of aryl methyl sites for hydroxylation is 1. The van der Waals surface area contributed by atoms with Gasteiger partial charge in [0.05, 0.1) is 26.0 Å². The highest BCUT2D eigenvalue weighted by molar-refractivity contribution is 5.97. The molecular weight excluding hydrogens is 342 g/mol. The minimum atomic E-state index is -0.214. The molecule has 1 amide bonds. The van der Waals surface area contributed by atoms with E-state index in [9.17, 15) is 4.79 Å². The minimum absolute atomic E-state index is 0.100. The fourth-order valence-electron chi connectivity index (χ4n) is 3.57. The molecule has 1 unspecified atom stereocenters. The number of ether oxygens (including phenoxy) is 2. The molecule has 144 valence electrons. The summed E-state index contributed by atoms with van der Waals surface area (Å²) >= 11 is 0. The molecule has 3 rings (SSSR count). The number of hydrogen-bond acceptors (Lipinski definition) is 5. The van der Waals surface area contributed by atoms with E-state index in [4.69, 9.17) is 9.47 Å². The zero-order valence-electron chi connectivity index (χ0n) is 16.7. The zero-order valence-corrected chi connectivity index (χ0v) is 16.7. The zero-order chi connectivity index (χ0) is 19.6. The molecule has 0 bridgehead atoms. The van der Waals surface area contributed by atoms with Crippen molar-refractivity contribution < 1.29 is 14.3 Å². The van der Waals surface area contributed by atoms with E-state index in [1.165, 1.54) is 0 Å². The average Bonchev–Trinajstić information content (AvgIpc) is 2.68. The quantitative estimate of drug-likeness (QED) is 0.811. The molecule has 6 nitrogen and oxygen atoms in total. The second-order valence-electron chi connectivity index (χ2n) is 6.88. The molecule has 1 aromatic heterocycles. The predicted molar refractivity (Wildman–Crippen MR) is 105 cm³/mol. The minimum Gasteiger partial charge on any atom is -0.497 e. The number of carbonyl (C=O) groups is 1. The van der Waals surface area contributed by atoms with Crippen LogP contribution in [0.1, 0.15) is 23.7 Å². The van der Waals surface area contributed by atoms with E-state index in [2.05, 4.69) is 9.88 Å². The lowest BCUT2D eigenvalue weighted by Gasteiger charge is -2.39.